The fourth-order valence-electron chi connectivity index (χ4n) is 1.49. The molecular weight excluding hydrogens is 242 g/mol. The van der Waals surface area contributed by atoms with Gasteiger partial charge in [0.05, 0.1) is 6.61 Å². The lowest BCUT2D eigenvalue weighted by molar-refractivity contribution is 0.296. The number of hydrogen-bond acceptors (Lipinski definition) is 5. The molecular formula is C11H15NO4S. The highest BCUT2D eigenvalue weighted by atomic mass is 32.2. The SMILES string of the molecule is CCS(=O)(=O)C(CO)/C(=N/O)c1ccccc1. The highest BCUT2D eigenvalue weighted by Crippen LogP contribution is 2.12. The van der Waals surface area contributed by atoms with Gasteiger partial charge in [0.2, 0.25) is 0 Å². The molecule has 5 nitrogen and oxygen atoms in total. The normalized spacial score (nSPS) is 14.6. The molecule has 0 aliphatic heterocycles. The van der Waals surface area contributed by atoms with E-state index in [4.69, 9.17) is 5.21 Å². The maximum atomic E-state index is 11.8. The van der Waals surface area contributed by atoms with Crippen LogP contribution >= 0.6 is 0 Å². The average Bonchev–Trinajstić information content (AvgIpc) is 2.36. The largest absolute Gasteiger partial charge is 0.411 e. The first kappa shape index (κ1) is 13.7. The zero-order valence-electron chi connectivity index (χ0n) is 9.44. The Morgan fingerprint density at radius 2 is 1.94 bits per heavy atom. The van der Waals surface area contributed by atoms with Crippen molar-refractivity contribution in [3.63, 3.8) is 0 Å². The lowest BCUT2D eigenvalue weighted by atomic mass is 10.1. The summed E-state index contributed by atoms with van der Waals surface area (Å²) in [6.45, 7) is 0.877. The van der Waals surface area contributed by atoms with Crippen LogP contribution in [0.1, 0.15) is 12.5 Å². The fourth-order valence-corrected chi connectivity index (χ4v) is 2.64. The Hall–Kier alpha value is -1.40. The van der Waals surface area contributed by atoms with Crippen LogP contribution in [0.3, 0.4) is 0 Å². The first-order valence-corrected chi connectivity index (χ1v) is 6.88. The van der Waals surface area contributed by atoms with Crippen molar-refractivity contribution in [2.24, 2.45) is 5.16 Å². The lowest BCUT2D eigenvalue weighted by Gasteiger charge is -2.15. The van der Waals surface area contributed by atoms with Crippen LogP contribution in [0.15, 0.2) is 35.5 Å². The van der Waals surface area contributed by atoms with Crippen molar-refractivity contribution in [1.82, 2.24) is 0 Å². The maximum absolute atomic E-state index is 11.8. The number of rotatable bonds is 5. The van der Waals surface area contributed by atoms with E-state index in [2.05, 4.69) is 5.16 Å². The molecule has 0 saturated heterocycles. The van der Waals surface area contributed by atoms with Crippen molar-refractivity contribution >= 4 is 15.5 Å². The van der Waals surface area contributed by atoms with E-state index >= 15 is 0 Å². The first-order valence-electron chi connectivity index (χ1n) is 5.16. The molecule has 0 heterocycles. The van der Waals surface area contributed by atoms with E-state index in [1.54, 1.807) is 30.3 Å². The van der Waals surface area contributed by atoms with Gasteiger partial charge >= 0.3 is 0 Å². The molecule has 1 aromatic rings. The minimum atomic E-state index is -3.51. The molecule has 0 spiro atoms. The predicted molar refractivity (Wildman–Crippen MR) is 65.1 cm³/mol. The Labute approximate surface area is 100 Å². The van der Waals surface area contributed by atoms with Crippen molar-refractivity contribution in [1.29, 1.82) is 0 Å². The first-order chi connectivity index (χ1) is 8.06. The molecule has 0 radical (unpaired) electrons. The van der Waals surface area contributed by atoms with Crippen LogP contribution in [0, 0.1) is 0 Å². The number of hydrogen-bond donors (Lipinski definition) is 2. The minimum absolute atomic E-state index is 0.0325. The summed E-state index contributed by atoms with van der Waals surface area (Å²) in [6.07, 6.45) is 0. The van der Waals surface area contributed by atoms with Crippen LogP contribution in [-0.4, -0.2) is 42.1 Å². The Morgan fingerprint density at radius 1 is 1.35 bits per heavy atom. The van der Waals surface area contributed by atoms with Crippen molar-refractivity contribution in [2.45, 2.75) is 12.2 Å². The number of oxime groups is 1. The van der Waals surface area contributed by atoms with Gasteiger partial charge in [-0.1, -0.05) is 42.4 Å². The molecule has 94 valence electrons. The van der Waals surface area contributed by atoms with E-state index in [0.717, 1.165) is 0 Å². The average molecular weight is 257 g/mol. The number of sulfone groups is 1. The van der Waals surface area contributed by atoms with Gasteiger partial charge in [-0.2, -0.15) is 0 Å². The maximum Gasteiger partial charge on any atom is 0.161 e. The van der Waals surface area contributed by atoms with Crippen LogP contribution in [0.5, 0.6) is 0 Å². The van der Waals surface area contributed by atoms with E-state index in [-0.39, 0.29) is 11.5 Å². The molecule has 0 aromatic heterocycles. The second-order valence-electron chi connectivity index (χ2n) is 3.47. The standard InChI is InChI=1S/C11H15NO4S/c1-2-17(15,16)10(8-13)11(12-14)9-6-4-3-5-7-9/h3-7,10,13-14H,2,8H2,1H3/b12-11+. The van der Waals surface area contributed by atoms with Gasteiger partial charge in [0, 0.05) is 11.3 Å². The third-order valence-corrected chi connectivity index (χ3v) is 4.53. The summed E-state index contributed by atoms with van der Waals surface area (Å²) in [6, 6.07) is 8.42. The van der Waals surface area contributed by atoms with Gasteiger partial charge in [-0.15, -0.1) is 0 Å². The van der Waals surface area contributed by atoms with Crippen LogP contribution in [0.2, 0.25) is 0 Å². The van der Waals surface area contributed by atoms with E-state index in [1.165, 1.54) is 6.92 Å². The molecule has 1 atom stereocenters. The molecule has 0 aliphatic carbocycles. The summed E-state index contributed by atoms with van der Waals surface area (Å²) < 4.78 is 23.5. The monoisotopic (exact) mass is 257 g/mol. The molecule has 0 bridgehead atoms. The van der Waals surface area contributed by atoms with Crippen molar-refractivity contribution < 1.29 is 18.7 Å². The number of nitrogens with zero attached hydrogens (tertiary/aromatic N) is 1. The van der Waals surface area contributed by atoms with Crippen LogP contribution in [0.4, 0.5) is 0 Å². The second-order valence-corrected chi connectivity index (χ2v) is 5.95. The molecule has 0 amide bonds. The van der Waals surface area contributed by atoms with Gasteiger partial charge in [-0.25, -0.2) is 8.42 Å². The predicted octanol–water partition coefficient (Wildman–Crippen LogP) is 0.661. The molecule has 6 heteroatoms. The number of aliphatic hydroxyl groups excluding tert-OH is 1. The van der Waals surface area contributed by atoms with E-state index < -0.39 is 21.7 Å². The van der Waals surface area contributed by atoms with Gasteiger partial charge in [0.1, 0.15) is 11.0 Å². The topological polar surface area (TPSA) is 87.0 Å². The van der Waals surface area contributed by atoms with E-state index in [0.29, 0.717) is 5.56 Å². The van der Waals surface area contributed by atoms with Gasteiger partial charge in [-0.05, 0) is 0 Å². The molecule has 2 N–H and O–H groups in total. The van der Waals surface area contributed by atoms with Crippen LogP contribution < -0.4 is 0 Å². The summed E-state index contributed by atoms with van der Waals surface area (Å²) in [5.74, 6) is -0.121. The van der Waals surface area contributed by atoms with Crippen LogP contribution in [0.25, 0.3) is 0 Å². The highest BCUT2D eigenvalue weighted by molar-refractivity contribution is 7.92. The highest BCUT2D eigenvalue weighted by Gasteiger charge is 2.29. The smallest absolute Gasteiger partial charge is 0.161 e. The van der Waals surface area contributed by atoms with Gasteiger partial charge in [0.25, 0.3) is 0 Å². The quantitative estimate of drug-likeness (QED) is 0.461. The summed E-state index contributed by atoms with van der Waals surface area (Å²) >= 11 is 0. The molecule has 0 aliphatic rings. The zero-order valence-corrected chi connectivity index (χ0v) is 10.3. The fraction of sp³-hybridized carbons (Fsp3) is 0.364. The Kier molecular flexibility index (Phi) is 4.65. The van der Waals surface area contributed by atoms with Gasteiger partial charge in [-0.3, -0.25) is 0 Å². The third-order valence-electron chi connectivity index (χ3n) is 2.48. The summed E-state index contributed by atoms with van der Waals surface area (Å²) in [4.78, 5) is 0. The molecule has 17 heavy (non-hydrogen) atoms. The number of benzene rings is 1. The lowest BCUT2D eigenvalue weighted by Crippen LogP contribution is -2.35. The Balaban J connectivity index is 3.20. The van der Waals surface area contributed by atoms with Crippen LogP contribution in [-0.2, 0) is 9.84 Å². The Morgan fingerprint density at radius 3 is 2.35 bits per heavy atom. The van der Waals surface area contributed by atoms with Gasteiger partial charge in [0.15, 0.2) is 9.84 Å². The van der Waals surface area contributed by atoms with Gasteiger partial charge < -0.3 is 10.3 Å². The second kappa shape index (κ2) is 5.79. The third kappa shape index (κ3) is 3.04. The van der Waals surface area contributed by atoms with E-state index in [1.807, 2.05) is 0 Å². The molecule has 0 fully saturated rings. The molecule has 1 aromatic carbocycles. The summed E-state index contributed by atoms with van der Waals surface area (Å²) in [5, 5.41) is 20.0. The molecule has 1 unspecified atom stereocenters. The minimum Gasteiger partial charge on any atom is -0.411 e. The zero-order chi connectivity index (χ0) is 12.9. The molecule has 1 rings (SSSR count). The molecule has 0 saturated carbocycles. The summed E-state index contributed by atoms with van der Waals surface area (Å²) in [5.41, 5.74) is 0.445. The van der Waals surface area contributed by atoms with E-state index in [9.17, 15) is 13.5 Å². The number of aliphatic hydroxyl groups is 1. The van der Waals surface area contributed by atoms with Crippen molar-refractivity contribution in [3.05, 3.63) is 35.9 Å². The summed E-state index contributed by atoms with van der Waals surface area (Å²) in [7, 11) is -3.51. The Bertz CT molecular complexity index is 481. The van der Waals surface area contributed by atoms with Crippen molar-refractivity contribution in [3.8, 4) is 0 Å². The van der Waals surface area contributed by atoms with Crippen molar-refractivity contribution in [2.75, 3.05) is 12.4 Å².